The largest absolute Gasteiger partial charge is 0.504 e. The first-order chi connectivity index (χ1) is 13.2. The van der Waals surface area contributed by atoms with E-state index in [1.165, 1.54) is 17.6 Å². The van der Waals surface area contributed by atoms with Gasteiger partial charge in [0.2, 0.25) is 0 Å². The van der Waals surface area contributed by atoms with Crippen LogP contribution < -0.4 is 15.4 Å². The summed E-state index contributed by atoms with van der Waals surface area (Å²) in [6.45, 7) is 6.88. The van der Waals surface area contributed by atoms with E-state index in [9.17, 15) is 9.90 Å². The number of benzene rings is 1. The van der Waals surface area contributed by atoms with Gasteiger partial charge in [0.15, 0.2) is 11.5 Å². The number of halogens is 1. The highest BCUT2D eigenvalue weighted by Gasteiger charge is 2.37. The van der Waals surface area contributed by atoms with Crippen molar-refractivity contribution in [3.8, 4) is 11.5 Å². The molecule has 4 rings (SSSR count). The lowest BCUT2D eigenvalue weighted by Gasteiger charge is -2.34. The van der Waals surface area contributed by atoms with E-state index in [-0.39, 0.29) is 17.1 Å². The molecule has 1 aromatic heterocycles. The van der Waals surface area contributed by atoms with Gasteiger partial charge in [-0.2, -0.15) is 0 Å². The quantitative estimate of drug-likeness (QED) is 0.568. The van der Waals surface area contributed by atoms with Crippen LogP contribution in [-0.2, 0) is 12.8 Å². The number of rotatable bonds is 2. The smallest absolute Gasteiger partial charge is 0.256 e. The molecular formula is C21H25BrN2O3S. The number of hydrogen-bond acceptors (Lipinski definition) is 5. The van der Waals surface area contributed by atoms with Gasteiger partial charge in [0.05, 0.1) is 12.7 Å². The minimum absolute atomic E-state index is 0.0288. The average Bonchev–Trinajstić information content (AvgIpc) is 3.00. The molecule has 0 saturated heterocycles. The van der Waals surface area contributed by atoms with Crippen LogP contribution in [0.2, 0.25) is 0 Å². The van der Waals surface area contributed by atoms with Crippen LogP contribution in [0.1, 0.15) is 59.7 Å². The number of nitrogens with one attached hydrogen (secondary N) is 2. The summed E-state index contributed by atoms with van der Waals surface area (Å²) in [6, 6.07) is 3.50. The van der Waals surface area contributed by atoms with E-state index in [2.05, 4.69) is 47.3 Å². The van der Waals surface area contributed by atoms with Crippen molar-refractivity contribution in [3.05, 3.63) is 38.2 Å². The predicted molar refractivity (Wildman–Crippen MR) is 115 cm³/mol. The highest BCUT2D eigenvalue weighted by Crippen LogP contribution is 2.47. The maximum absolute atomic E-state index is 13.0. The molecule has 1 aliphatic carbocycles. The van der Waals surface area contributed by atoms with E-state index in [4.69, 9.17) is 4.74 Å². The van der Waals surface area contributed by atoms with Crippen LogP contribution >= 0.6 is 27.3 Å². The number of anilines is 1. The van der Waals surface area contributed by atoms with Gasteiger partial charge in [-0.3, -0.25) is 4.79 Å². The summed E-state index contributed by atoms with van der Waals surface area (Å²) in [7, 11) is 1.51. The van der Waals surface area contributed by atoms with Gasteiger partial charge in [-0.05, 0) is 48.3 Å². The molecule has 0 fully saturated rings. The minimum Gasteiger partial charge on any atom is -0.504 e. The zero-order chi connectivity index (χ0) is 20.2. The third kappa shape index (κ3) is 3.28. The van der Waals surface area contributed by atoms with Crippen molar-refractivity contribution in [1.29, 1.82) is 0 Å². The molecule has 150 valence electrons. The number of carbonyl (C=O) groups is 1. The molecule has 0 saturated carbocycles. The highest BCUT2D eigenvalue weighted by atomic mass is 79.9. The molecule has 1 aromatic carbocycles. The first-order valence-corrected chi connectivity index (χ1v) is 11.1. The number of methoxy groups -OCH3 is 1. The molecular weight excluding hydrogens is 440 g/mol. The summed E-state index contributed by atoms with van der Waals surface area (Å²) >= 11 is 5.13. The number of amides is 1. The second kappa shape index (κ2) is 6.95. The van der Waals surface area contributed by atoms with Crippen LogP contribution in [0, 0.1) is 11.3 Å². The Morgan fingerprint density at radius 2 is 2.04 bits per heavy atom. The van der Waals surface area contributed by atoms with Gasteiger partial charge in [-0.15, -0.1) is 11.3 Å². The van der Waals surface area contributed by atoms with E-state index in [1.54, 1.807) is 23.5 Å². The lowest BCUT2D eigenvalue weighted by Crippen LogP contribution is -2.38. The molecule has 28 heavy (non-hydrogen) atoms. The maximum Gasteiger partial charge on any atom is 0.256 e. The average molecular weight is 465 g/mol. The fourth-order valence-electron chi connectivity index (χ4n) is 4.16. The topological polar surface area (TPSA) is 70.6 Å². The second-order valence-corrected chi connectivity index (χ2v) is 10.6. The molecule has 1 aliphatic heterocycles. The minimum atomic E-state index is -0.509. The summed E-state index contributed by atoms with van der Waals surface area (Å²) in [4.78, 5) is 14.3. The molecule has 0 bridgehead atoms. The van der Waals surface area contributed by atoms with Crippen molar-refractivity contribution in [2.45, 2.75) is 46.2 Å². The van der Waals surface area contributed by atoms with Crippen molar-refractivity contribution >= 4 is 38.2 Å². The molecule has 5 nitrogen and oxygen atoms in total. The van der Waals surface area contributed by atoms with Gasteiger partial charge in [-0.25, -0.2) is 0 Å². The summed E-state index contributed by atoms with van der Waals surface area (Å²) in [5, 5.41) is 17.9. The number of phenolic OH excluding ortho intramolecular Hbond substituents is 1. The normalized spacial score (nSPS) is 21.4. The Hall–Kier alpha value is -1.73. The van der Waals surface area contributed by atoms with Crippen LogP contribution in [0.25, 0.3) is 0 Å². The van der Waals surface area contributed by atoms with Crippen molar-refractivity contribution in [2.75, 3.05) is 12.4 Å². The SMILES string of the molecule is COc1cc(Br)cc([C@H]2NC(=O)c3c(sc4c3CC[C@@H](C(C)(C)C)C4)N2)c1O. The van der Waals surface area contributed by atoms with Crippen LogP contribution in [0.3, 0.4) is 0 Å². The van der Waals surface area contributed by atoms with Gasteiger partial charge in [-0.1, -0.05) is 36.7 Å². The second-order valence-electron chi connectivity index (χ2n) is 8.61. The summed E-state index contributed by atoms with van der Waals surface area (Å²) in [5.41, 5.74) is 2.81. The Balaban J connectivity index is 1.69. The summed E-state index contributed by atoms with van der Waals surface area (Å²) in [5.74, 6) is 0.937. The third-order valence-corrected chi connectivity index (χ3v) is 7.51. The molecule has 3 N–H and O–H groups in total. The van der Waals surface area contributed by atoms with Crippen molar-refractivity contribution in [2.24, 2.45) is 11.3 Å². The maximum atomic E-state index is 13.0. The molecule has 2 heterocycles. The zero-order valence-corrected chi connectivity index (χ0v) is 18.9. The first-order valence-electron chi connectivity index (χ1n) is 9.47. The summed E-state index contributed by atoms with van der Waals surface area (Å²) in [6.07, 6.45) is 2.56. The molecule has 0 unspecified atom stereocenters. The Morgan fingerprint density at radius 3 is 2.71 bits per heavy atom. The van der Waals surface area contributed by atoms with Crippen LogP contribution in [-0.4, -0.2) is 18.1 Å². The van der Waals surface area contributed by atoms with Crippen molar-refractivity contribution < 1.29 is 14.6 Å². The standard InChI is InChI=1S/C21H25BrN2O3S/c1-21(2,3)10-5-6-12-15(7-10)28-20-16(12)19(26)23-18(24-20)13-8-11(22)9-14(27-4)17(13)25/h8-10,18,24-25H,5-7H2,1-4H3,(H,23,26)/t10-,18+/m1/s1. The molecule has 0 spiro atoms. The Bertz CT molecular complexity index is 948. The van der Waals surface area contributed by atoms with E-state index >= 15 is 0 Å². The van der Waals surface area contributed by atoms with E-state index in [1.807, 2.05) is 0 Å². The van der Waals surface area contributed by atoms with Gasteiger partial charge >= 0.3 is 0 Å². The van der Waals surface area contributed by atoms with E-state index in [0.29, 0.717) is 17.2 Å². The highest BCUT2D eigenvalue weighted by molar-refractivity contribution is 9.10. The number of ether oxygens (including phenoxy) is 1. The number of phenols is 1. The predicted octanol–water partition coefficient (Wildman–Crippen LogP) is 5.23. The van der Waals surface area contributed by atoms with Gasteiger partial charge < -0.3 is 20.5 Å². The van der Waals surface area contributed by atoms with Crippen LogP contribution in [0.15, 0.2) is 16.6 Å². The van der Waals surface area contributed by atoms with E-state index < -0.39 is 6.17 Å². The van der Waals surface area contributed by atoms with Gasteiger partial charge in [0, 0.05) is 14.9 Å². The number of carbonyl (C=O) groups excluding carboxylic acids is 1. The Morgan fingerprint density at radius 1 is 1.29 bits per heavy atom. The Labute approximate surface area is 177 Å². The molecule has 1 amide bonds. The first kappa shape index (κ1) is 19.6. The summed E-state index contributed by atoms with van der Waals surface area (Å²) < 4.78 is 6.02. The molecule has 7 heteroatoms. The van der Waals surface area contributed by atoms with Crippen molar-refractivity contribution in [1.82, 2.24) is 5.32 Å². The molecule has 2 aliphatic rings. The van der Waals surface area contributed by atoms with Gasteiger partial charge in [0.1, 0.15) is 11.2 Å². The number of aromatic hydroxyl groups is 1. The van der Waals surface area contributed by atoms with Crippen LogP contribution in [0.5, 0.6) is 11.5 Å². The fourth-order valence-corrected chi connectivity index (χ4v) is 5.97. The lowest BCUT2D eigenvalue weighted by atomic mass is 9.72. The van der Waals surface area contributed by atoms with Crippen LogP contribution in [0.4, 0.5) is 5.00 Å². The molecule has 0 radical (unpaired) electrons. The fraction of sp³-hybridized carbons (Fsp3) is 0.476. The number of fused-ring (bicyclic) bond motifs is 3. The zero-order valence-electron chi connectivity index (χ0n) is 16.5. The number of thiophene rings is 1. The molecule has 2 atom stereocenters. The molecule has 2 aromatic rings. The lowest BCUT2D eigenvalue weighted by molar-refractivity contribution is 0.0934. The van der Waals surface area contributed by atoms with Crippen molar-refractivity contribution in [3.63, 3.8) is 0 Å². The van der Waals surface area contributed by atoms with E-state index in [0.717, 1.165) is 34.3 Å². The monoisotopic (exact) mass is 464 g/mol. The third-order valence-electron chi connectivity index (χ3n) is 5.87. The van der Waals surface area contributed by atoms with Gasteiger partial charge in [0.25, 0.3) is 5.91 Å². The Kier molecular flexibility index (Phi) is 4.86. The number of hydrogen-bond donors (Lipinski definition) is 3.